The Morgan fingerprint density at radius 3 is 2.83 bits per heavy atom. The molecule has 0 aliphatic carbocycles. The summed E-state index contributed by atoms with van der Waals surface area (Å²) in [6.07, 6.45) is 1.80. The molecule has 3 heteroatoms. The Balaban J connectivity index is 2.32. The van der Waals surface area contributed by atoms with Crippen LogP contribution in [0.3, 0.4) is 0 Å². The largest absolute Gasteiger partial charge is 0.267 e. The van der Waals surface area contributed by atoms with Crippen molar-refractivity contribution in [3.63, 3.8) is 0 Å². The van der Waals surface area contributed by atoms with E-state index >= 15 is 0 Å². The number of halogens is 1. The molecule has 1 atom stereocenters. The van der Waals surface area contributed by atoms with Gasteiger partial charge >= 0.3 is 0 Å². The average Bonchev–Trinajstić information content (AvgIpc) is 1.86. The van der Waals surface area contributed by atoms with Crippen molar-refractivity contribution in [3.8, 4) is 0 Å². The number of alkyl halides is 1. The van der Waals surface area contributed by atoms with Gasteiger partial charge in [0.1, 0.15) is 0 Å². The van der Waals surface area contributed by atoms with Gasteiger partial charge in [-0.1, -0.05) is 27.7 Å². The maximum atomic E-state index is 3.94. The van der Waals surface area contributed by atoms with Crippen molar-refractivity contribution < 1.29 is 0 Å². The molecule has 0 saturated carbocycles. The third-order valence-corrected chi connectivity index (χ3v) is 1.96. The summed E-state index contributed by atoms with van der Waals surface area (Å²) < 4.78 is 0.289. The molecule has 0 aromatic rings. The maximum absolute atomic E-state index is 3.94. The first-order valence-electron chi connectivity index (χ1n) is 1.54. The Morgan fingerprint density at radius 1 is 1.83 bits per heavy atom. The van der Waals surface area contributed by atoms with Crippen LogP contribution in [0.5, 0.6) is 0 Å². The number of rotatable bonds is 0. The van der Waals surface area contributed by atoms with E-state index in [1.165, 1.54) is 0 Å². The Labute approximate surface area is 49.3 Å². The van der Waals surface area contributed by atoms with Gasteiger partial charge in [-0.05, 0) is 5.41 Å². The predicted molar refractivity (Wildman–Crippen MR) is 31.6 cm³/mol. The lowest BCUT2D eigenvalue weighted by Crippen LogP contribution is -1.95. The van der Waals surface area contributed by atoms with E-state index in [0.717, 1.165) is 0 Å². The van der Waals surface area contributed by atoms with Crippen LogP contribution in [0, 0.1) is 0 Å². The zero-order valence-corrected chi connectivity index (χ0v) is 5.37. The molecule has 1 aliphatic rings. The minimum absolute atomic E-state index is 0.289. The lowest BCUT2D eigenvalue weighted by molar-refractivity contribution is 1.02. The lowest BCUT2D eigenvalue weighted by atomic mass is 11.0. The van der Waals surface area contributed by atoms with Crippen LogP contribution in [0.2, 0.25) is 0 Å². The van der Waals surface area contributed by atoms with E-state index in [1.54, 1.807) is 18.0 Å². The SMILES string of the molecule is BrC1[N]C=CS1. The molecule has 0 N–H and O–H groups in total. The van der Waals surface area contributed by atoms with Gasteiger partial charge in [-0.15, -0.1) is 0 Å². The normalized spacial score (nSPS) is 30.5. The second-order valence-electron chi connectivity index (χ2n) is 0.862. The highest BCUT2D eigenvalue weighted by Crippen LogP contribution is 2.21. The van der Waals surface area contributed by atoms with Crippen LogP contribution in [-0.4, -0.2) is 4.28 Å². The molecule has 0 aromatic carbocycles. The molecule has 6 heavy (non-hydrogen) atoms. The van der Waals surface area contributed by atoms with Gasteiger partial charge in [-0.3, -0.25) is 5.32 Å². The molecule has 33 valence electrons. The molecule has 1 nitrogen and oxygen atoms in total. The Morgan fingerprint density at radius 2 is 2.67 bits per heavy atom. The van der Waals surface area contributed by atoms with E-state index in [2.05, 4.69) is 21.2 Å². The van der Waals surface area contributed by atoms with E-state index < -0.39 is 0 Å². The zero-order valence-electron chi connectivity index (χ0n) is 2.97. The molecule has 1 radical (unpaired) electrons. The summed E-state index contributed by atoms with van der Waals surface area (Å²) in [6, 6.07) is 0. The van der Waals surface area contributed by atoms with Gasteiger partial charge in [-0.25, -0.2) is 0 Å². The first kappa shape index (κ1) is 4.53. The number of thioether (sulfide) groups is 1. The predicted octanol–water partition coefficient (Wildman–Crippen LogP) is 1.49. The second kappa shape index (κ2) is 1.89. The van der Waals surface area contributed by atoms with Gasteiger partial charge in [0.05, 0.1) is 0 Å². The Kier molecular flexibility index (Phi) is 1.42. The van der Waals surface area contributed by atoms with Crippen molar-refractivity contribution in [2.75, 3.05) is 0 Å². The number of hydrogen-bond acceptors (Lipinski definition) is 1. The monoisotopic (exact) mass is 164 g/mol. The smallest absolute Gasteiger partial charge is 0.154 e. The van der Waals surface area contributed by atoms with E-state index in [4.69, 9.17) is 0 Å². The Bertz CT molecular complexity index is 65.2. The van der Waals surface area contributed by atoms with Crippen LogP contribution in [0.25, 0.3) is 0 Å². The standard InChI is InChI=1S/C3H3BrNS/c4-3-5-1-2-6-3/h1-3H. The third kappa shape index (κ3) is 0.914. The molecule has 1 rings (SSSR count). The van der Waals surface area contributed by atoms with Gasteiger partial charge in [-0.2, -0.15) is 0 Å². The molecular weight excluding hydrogens is 162 g/mol. The third-order valence-electron chi connectivity index (χ3n) is 0.455. The fourth-order valence-corrected chi connectivity index (χ4v) is 1.16. The van der Waals surface area contributed by atoms with Crippen LogP contribution in [-0.2, 0) is 0 Å². The number of nitrogens with zero attached hydrogens (tertiary/aromatic N) is 1. The molecule has 0 bridgehead atoms. The summed E-state index contributed by atoms with van der Waals surface area (Å²) in [5.41, 5.74) is 0. The molecule has 1 aliphatic heterocycles. The van der Waals surface area contributed by atoms with Gasteiger partial charge in [0.25, 0.3) is 0 Å². The van der Waals surface area contributed by atoms with E-state index in [-0.39, 0.29) is 4.28 Å². The van der Waals surface area contributed by atoms with E-state index in [9.17, 15) is 0 Å². The fourth-order valence-electron chi connectivity index (χ4n) is 0.238. The fraction of sp³-hybridized carbons (Fsp3) is 0.333. The highest BCUT2D eigenvalue weighted by atomic mass is 79.9. The number of hydrogen-bond donors (Lipinski definition) is 0. The Hall–Kier alpha value is 0.370. The summed E-state index contributed by atoms with van der Waals surface area (Å²) in [6.45, 7) is 0. The molecule has 0 fully saturated rings. The van der Waals surface area contributed by atoms with Crippen molar-refractivity contribution in [1.29, 1.82) is 0 Å². The molecule has 0 aromatic heterocycles. The van der Waals surface area contributed by atoms with Gasteiger partial charge in [0, 0.05) is 6.20 Å². The van der Waals surface area contributed by atoms with Gasteiger partial charge < -0.3 is 0 Å². The van der Waals surface area contributed by atoms with Crippen molar-refractivity contribution in [3.05, 3.63) is 11.6 Å². The van der Waals surface area contributed by atoms with Gasteiger partial charge in [0.15, 0.2) is 4.28 Å². The first-order chi connectivity index (χ1) is 2.89. The van der Waals surface area contributed by atoms with Crippen molar-refractivity contribution in [1.82, 2.24) is 5.32 Å². The molecule has 0 saturated heterocycles. The van der Waals surface area contributed by atoms with Crippen LogP contribution in [0.15, 0.2) is 11.6 Å². The minimum Gasteiger partial charge on any atom is -0.267 e. The molecule has 1 unspecified atom stereocenters. The average molecular weight is 165 g/mol. The summed E-state index contributed by atoms with van der Waals surface area (Å²) in [5.74, 6) is 0. The van der Waals surface area contributed by atoms with Crippen molar-refractivity contribution in [2.24, 2.45) is 0 Å². The second-order valence-corrected chi connectivity index (χ2v) is 3.33. The summed E-state index contributed by atoms with van der Waals surface area (Å²) >= 11 is 4.94. The summed E-state index contributed by atoms with van der Waals surface area (Å²) in [4.78, 5) is 0. The molecular formula is C3H3BrNS. The maximum Gasteiger partial charge on any atom is 0.154 e. The highest BCUT2D eigenvalue weighted by molar-refractivity contribution is 9.11. The zero-order chi connectivity index (χ0) is 4.41. The quantitative estimate of drug-likeness (QED) is 0.391. The van der Waals surface area contributed by atoms with E-state index in [1.807, 2.05) is 5.41 Å². The molecule has 0 spiro atoms. The lowest BCUT2D eigenvalue weighted by Gasteiger charge is -1.90. The highest BCUT2D eigenvalue weighted by Gasteiger charge is 2.03. The van der Waals surface area contributed by atoms with Crippen LogP contribution < -0.4 is 5.32 Å². The van der Waals surface area contributed by atoms with Crippen LogP contribution in [0.4, 0.5) is 0 Å². The first-order valence-corrected chi connectivity index (χ1v) is 3.40. The van der Waals surface area contributed by atoms with Crippen molar-refractivity contribution in [2.45, 2.75) is 4.28 Å². The van der Waals surface area contributed by atoms with Crippen LogP contribution in [0.1, 0.15) is 0 Å². The molecule has 0 amide bonds. The molecule has 1 heterocycles. The van der Waals surface area contributed by atoms with E-state index in [0.29, 0.717) is 0 Å². The van der Waals surface area contributed by atoms with Gasteiger partial charge in [0.2, 0.25) is 0 Å². The van der Waals surface area contributed by atoms with Crippen LogP contribution >= 0.6 is 27.7 Å². The summed E-state index contributed by atoms with van der Waals surface area (Å²) in [5, 5.41) is 5.89. The minimum atomic E-state index is 0.289. The van der Waals surface area contributed by atoms with Crippen molar-refractivity contribution >= 4 is 27.7 Å². The summed E-state index contributed by atoms with van der Waals surface area (Å²) in [7, 11) is 0. The topological polar surface area (TPSA) is 14.1 Å².